The van der Waals surface area contributed by atoms with Crippen molar-refractivity contribution in [3.05, 3.63) is 60.3 Å². The molecule has 0 unspecified atom stereocenters. The van der Waals surface area contributed by atoms with Crippen LogP contribution in [0.15, 0.2) is 48.7 Å². The summed E-state index contributed by atoms with van der Waals surface area (Å²) in [6.45, 7) is 0. The molecule has 1 aliphatic rings. The maximum absolute atomic E-state index is 14.4. The van der Waals surface area contributed by atoms with Gasteiger partial charge in [-0.1, -0.05) is 0 Å². The van der Waals surface area contributed by atoms with Gasteiger partial charge < -0.3 is 20.5 Å². The number of benzene rings is 2. The van der Waals surface area contributed by atoms with E-state index in [2.05, 4.69) is 25.6 Å². The number of hydrogen-bond donors (Lipinski definition) is 3. The number of aromatic nitrogens is 4. The van der Waals surface area contributed by atoms with Gasteiger partial charge in [0.15, 0.2) is 5.65 Å². The fraction of sp³-hybridized carbons (Fsp3) is 0.280. The number of rotatable bonds is 7. The van der Waals surface area contributed by atoms with Gasteiger partial charge in [-0.15, -0.1) is 0 Å². The summed E-state index contributed by atoms with van der Waals surface area (Å²) in [4.78, 5) is 25.1. The lowest BCUT2D eigenvalue weighted by Gasteiger charge is -2.28. The van der Waals surface area contributed by atoms with Crippen LogP contribution < -0.4 is 15.4 Å². The SMILES string of the molecule is COc1ccc(Nc2ncc3nc(Nc4ccc(F)cc4F)n(C4CCC(C(=O)O)CC4)c3n2)cc1. The van der Waals surface area contributed by atoms with Crippen LogP contribution in [-0.4, -0.2) is 37.7 Å². The maximum atomic E-state index is 14.4. The first kappa shape index (κ1) is 23.5. The maximum Gasteiger partial charge on any atom is 0.306 e. The van der Waals surface area contributed by atoms with Gasteiger partial charge in [-0.05, 0) is 62.1 Å². The molecule has 5 rings (SSSR count). The molecule has 2 heterocycles. The molecular weight excluding hydrogens is 470 g/mol. The Labute approximate surface area is 205 Å². The van der Waals surface area contributed by atoms with Crippen LogP contribution in [0, 0.1) is 17.6 Å². The quantitative estimate of drug-likeness (QED) is 0.312. The van der Waals surface area contributed by atoms with Crippen molar-refractivity contribution < 1.29 is 23.4 Å². The minimum absolute atomic E-state index is 0.0664. The molecule has 36 heavy (non-hydrogen) atoms. The van der Waals surface area contributed by atoms with Crippen molar-refractivity contribution in [3.63, 3.8) is 0 Å². The molecule has 0 amide bonds. The van der Waals surface area contributed by atoms with E-state index in [9.17, 15) is 18.7 Å². The fourth-order valence-corrected chi connectivity index (χ4v) is 4.48. The average molecular weight is 495 g/mol. The van der Waals surface area contributed by atoms with E-state index < -0.39 is 23.5 Å². The number of carboxylic acids is 1. The van der Waals surface area contributed by atoms with Crippen LogP contribution >= 0.6 is 0 Å². The van der Waals surface area contributed by atoms with Gasteiger partial charge in [-0.3, -0.25) is 9.36 Å². The van der Waals surface area contributed by atoms with Crippen LogP contribution in [0.1, 0.15) is 31.7 Å². The van der Waals surface area contributed by atoms with Gasteiger partial charge in [0.05, 0.1) is 24.9 Å². The number of imidazole rings is 1. The van der Waals surface area contributed by atoms with Crippen LogP contribution in [0.5, 0.6) is 5.75 Å². The largest absolute Gasteiger partial charge is 0.497 e. The number of methoxy groups -OCH3 is 1. The number of nitrogens with zero attached hydrogens (tertiary/aromatic N) is 4. The topological polar surface area (TPSA) is 114 Å². The summed E-state index contributed by atoms with van der Waals surface area (Å²) in [5.74, 6) is -1.25. The van der Waals surface area contributed by atoms with Gasteiger partial charge in [0.1, 0.15) is 22.9 Å². The molecule has 0 spiro atoms. The second kappa shape index (κ2) is 9.76. The van der Waals surface area contributed by atoms with E-state index in [0.717, 1.165) is 23.6 Å². The number of carbonyl (C=O) groups is 1. The summed E-state index contributed by atoms with van der Waals surface area (Å²) < 4.78 is 34.9. The third-order valence-corrected chi connectivity index (χ3v) is 6.37. The number of ether oxygens (including phenoxy) is 1. The van der Waals surface area contributed by atoms with Crippen molar-refractivity contribution in [2.75, 3.05) is 17.7 Å². The molecule has 0 aliphatic heterocycles. The zero-order valence-electron chi connectivity index (χ0n) is 19.4. The number of nitrogens with one attached hydrogen (secondary N) is 2. The minimum Gasteiger partial charge on any atom is -0.497 e. The first-order valence-electron chi connectivity index (χ1n) is 11.5. The zero-order valence-corrected chi connectivity index (χ0v) is 19.4. The van der Waals surface area contributed by atoms with Crippen LogP contribution in [0.25, 0.3) is 11.2 Å². The molecule has 2 aromatic heterocycles. The molecule has 0 radical (unpaired) electrons. The Kier molecular flexibility index (Phi) is 6.36. The van der Waals surface area contributed by atoms with Gasteiger partial charge in [0.2, 0.25) is 11.9 Å². The molecule has 0 bridgehead atoms. The number of hydrogen-bond acceptors (Lipinski definition) is 7. The summed E-state index contributed by atoms with van der Waals surface area (Å²) in [5, 5.41) is 15.5. The van der Waals surface area contributed by atoms with Crippen LogP contribution in [0.2, 0.25) is 0 Å². The van der Waals surface area contributed by atoms with Crippen LogP contribution in [-0.2, 0) is 4.79 Å². The van der Waals surface area contributed by atoms with Crippen LogP contribution in [0.4, 0.5) is 32.1 Å². The number of halogens is 2. The lowest BCUT2D eigenvalue weighted by Crippen LogP contribution is -2.24. The molecular formula is C25H24F2N6O3. The zero-order chi connectivity index (χ0) is 25.2. The Hall–Kier alpha value is -4.28. The monoisotopic (exact) mass is 494 g/mol. The fourth-order valence-electron chi connectivity index (χ4n) is 4.48. The third-order valence-electron chi connectivity index (χ3n) is 6.37. The summed E-state index contributed by atoms with van der Waals surface area (Å²) >= 11 is 0. The predicted molar refractivity (Wildman–Crippen MR) is 130 cm³/mol. The first-order valence-corrected chi connectivity index (χ1v) is 11.5. The Balaban J connectivity index is 1.52. The van der Waals surface area contributed by atoms with Gasteiger partial charge >= 0.3 is 5.97 Å². The minimum atomic E-state index is -0.802. The molecule has 0 saturated heterocycles. The van der Waals surface area contributed by atoms with Gasteiger partial charge in [-0.2, -0.15) is 4.98 Å². The standard InChI is InChI=1S/C25H24F2N6O3/c1-36-18-9-5-16(6-10-18)29-24-28-13-21-22(32-24)33(17-7-2-14(3-8-17)23(34)35)25(31-21)30-20-11-4-15(26)12-19(20)27/h4-6,9-14,17H,2-3,7-8H2,1H3,(H,30,31)(H,34,35)(H,28,29,32). The number of anilines is 4. The van der Waals surface area contributed by atoms with E-state index in [1.807, 2.05) is 28.8 Å². The molecule has 1 fully saturated rings. The molecule has 2 aromatic carbocycles. The highest BCUT2D eigenvalue weighted by atomic mass is 19.1. The molecule has 4 aromatic rings. The average Bonchev–Trinajstić information content (AvgIpc) is 3.23. The summed E-state index contributed by atoms with van der Waals surface area (Å²) in [6.07, 6.45) is 3.76. The smallest absolute Gasteiger partial charge is 0.306 e. The van der Waals surface area contributed by atoms with E-state index in [1.54, 1.807) is 13.3 Å². The van der Waals surface area contributed by atoms with Crippen LogP contribution in [0.3, 0.4) is 0 Å². The van der Waals surface area contributed by atoms with Crippen molar-refractivity contribution in [1.82, 2.24) is 19.5 Å². The number of fused-ring (bicyclic) bond motifs is 1. The molecule has 1 saturated carbocycles. The first-order chi connectivity index (χ1) is 17.4. The molecule has 3 N–H and O–H groups in total. The number of carboxylic acid groups (broad SMARTS) is 1. The Morgan fingerprint density at radius 2 is 1.81 bits per heavy atom. The van der Waals surface area contributed by atoms with E-state index in [0.29, 0.717) is 48.7 Å². The molecule has 9 nitrogen and oxygen atoms in total. The molecule has 0 atom stereocenters. The summed E-state index contributed by atoms with van der Waals surface area (Å²) in [5.41, 5.74) is 1.83. The predicted octanol–water partition coefficient (Wildman–Crippen LogP) is 5.42. The second-order valence-corrected chi connectivity index (χ2v) is 8.65. The lowest BCUT2D eigenvalue weighted by molar-refractivity contribution is -0.143. The summed E-state index contributed by atoms with van der Waals surface area (Å²) in [7, 11) is 1.59. The van der Waals surface area contributed by atoms with E-state index in [-0.39, 0.29) is 11.7 Å². The second-order valence-electron chi connectivity index (χ2n) is 8.65. The van der Waals surface area contributed by atoms with Crippen molar-refractivity contribution in [2.45, 2.75) is 31.7 Å². The molecule has 11 heteroatoms. The van der Waals surface area contributed by atoms with Crippen molar-refractivity contribution in [1.29, 1.82) is 0 Å². The lowest BCUT2D eigenvalue weighted by atomic mass is 9.86. The summed E-state index contributed by atoms with van der Waals surface area (Å²) in [6, 6.07) is 10.4. The van der Waals surface area contributed by atoms with Crippen molar-refractivity contribution in [2.24, 2.45) is 5.92 Å². The highest BCUT2D eigenvalue weighted by Crippen LogP contribution is 2.37. The molecule has 1 aliphatic carbocycles. The van der Waals surface area contributed by atoms with E-state index in [4.69, 9.17) is 4.74 Å². The Morgan fingerprint density at radius 3 is 2.47 bits per heavy atom. The van der Waals surface area contributed by atoms with Gasteiger partial charge in [-0.25, -0.2) is 18.7 Å². The van der Waals surface area contributed by atoms with E-state index in [1.165, 1.54) is 6.07 Å². The van der Waals surface area contributed by atoms with Crippen molar-refractivity contribution in [3.8, 4) is 5.75 Å². The highest BCUT2D eigenvalue weighted by Gasteiger charge is 2.30. The normalized spacial score (nSPS) is 17.6. The number of aliphatic carboxylic acids is 1. The Morgan fingerprint density at radius 1 is 1.06 bits per heavy atom. The van der Waals surface area contributed by atoms with Crippen molar-refractivity contribution >= 4 is 40.4 Å². The Bertz CT molecular complexity index is 1400. The van der Waals surface area contributed by atoms with E-state index >= 15 is 0 Å². The molecule has 186 valence electrons. The highest BCUT2D eigenvalue weighted by molar-refractivity contribution is 5.77. The van der Waals surface area contributed by atoms with Gasteiger partial charge in [0.25, 0.3) is 0 Å². The third kappa shape index (κ3) is 4.77. The van der Waals surface area contributed by atoms with Gasteiger partial charge in [0, 0.05) is 17.8 Å².